The Balaban J connectivity index is 1.56. The lowest BCUT2D eigenvalue weighted by Gasteiger charge is -2.23. The molecule has 1 unspecified atom stereocenters. The zero-order chi connectivity index (χ0) is 18.4. The van der Waals surface area contributed by atoms with Gasteiger partial charge < -0.3 is 10.1 Å². The molecule has 1 atom stereocenters. The van der Waals surface area contributed by atoms with Crippen LogP contribution in [-0.2, 0) is 11.8 Å². The number of rotatable bonds is 3. The van der Waals surface area contributed by atoms with Crippen LogP contribution in [0.5, 0.6) is 0 Å². The van der Waals surface area contributed by atoms with Crippen LogP contribution in [0.15, 0.2) is 41.1 Å². The van der Waals surface area contributed by atoms with Crippen molar-refractivity contribution in [1.82, 2.24) is 24.5 Å². The molecule has 1 N–H and O–H groups in total. The van der Waals surface area contributed by atoms with Crippen LogP contribution in [0.4, 0.5) is 11.5 Å². The third kappa shape index (κ3) is 2.89. The number of aromatic nitrogens is 5. The summed E-state index contributed by atoms with van der Waals surface area (Å²) in [6.07, 6.45) is 5.00. The SMILES string of the molecule is Cn1nc(Br)c2ccc(Nc3nn(C4CCCCO4)c4cccnc34)cc21. The van der Waals surface area contributed by atoms with Crippen molar-refractivity contribution < 1.29 is 4.74 Å². The van der Waals surface area contributed by atoms with Gasteiger partial charge in [0, 0.05) is 30.9 Å². The van der Waals surface area contributed by atoms with Crippen LogP contribution in [0.3, 0.4) is 0 Å². The summed E-state index contributed by atoms with van der Waals surface area (Å²) in [5.41, 5.74) is 3.81. The minimum atomic E-state index is -0.0310. The van der Waals surface area contributed by atoms with Crippen LogP contribution < -0.4 is 5.32 Å². The zero-order valence-electron chi connectivity index (χ0n) is 14.9. The van der Waals surface area contributed by atoms with Gasteiger partial charge in [-0.2, -0.15) is 5.10 Å². The number of nitrogens with one attached hydrogen (secondary N) is 1. The molecule has 1 fully saturated rings. The van der Waals surface area contributed by atoms with Crippen molar-refractivity contribution in [2.24, 2.45) is 7.05 Å². The molecule has 0 spiro atoms. The summed E-state index contributed by atoms with van der Waals surface area (Å²) < 4.78 is 10.6. The minimum absolute atomic E-state index is 0.0310. The average Bonchev–Trinajstić information content (AvgIpc) is 3.20. The lowest BCUT2D eigenvalue weighted by atomic mass is 10.2. The zero-order valence-corrected chi connectivity index (χ0v) is 16.5. The monoisotopic (exact) mass is 426 g/mol. The maximum absolute atomic E-state index is 5.94. The Kier molecular flexibility index (Phi) is 4.09. The molecule has 3 aromatic heterocycles. The summed E-state index contributed by atoms with van der Waals surface area (Å²) in [4.78, 5) is 4.55. The summed E-state index contributed by atoms with van der Waals surface area (Å²) >= 11 is 3.50. The quantitative estimate of drug-likeness (QED) is 0.521. The predicted molar refractivity (Wildman–Crippen MR) is 108 cm³/mol. The number of nitrogens with zero attached hydrogens (tertiary/aromatic N) is 5. The summed E-state index contributed by atoms with van der Waals surface area (Å²) in [6.45, 7) is 0.779. The van der Waals surface area contributed by atoms with Gasteiger partial charge in [-0.05, 0) is 65.5 Å². The predicted octanol–water partition coefficient (Wildman–Crippen LogP) is 4.52. The molecule has 5 rings (SSSR count). The van der Waals surface area contributed by atoms with Gasteiger partial charge in [-0.15, -0.1) is 5.10 Å². The van der Waals surface area contributed by atoms with Crippen LogP contribution >= 0.6 is 15.9 Å². The number of anilines is 2. The first-order valence-corrected chi connectivity index (χ1v) is 9.84. The highest BCUT2D eigenvalue weighted by Gasteiger charge is 2.21. The van der Waals surface area contributed by atoms with Gasteiger partial charge in [-0.25, -0.2) is 4.68 Å². The molecule has 8 heteroatoms. The highest BCUT2D eigenvalue weighted by atomic mass is 79.9. The fraction of sp³-hybridized carbons (Fsp3) is 0.316. The standard InChI is InChI=1S/C19H19BrN6O/c1-25-15-11-12(7-8-13(15)18(20)23-25)22-19-17-14(5-4-9-21-17)26(24-19)16-6-2-3-10-27-16/h4-5,7-9,11,16H,2-3,6,10H2,1H3,(H,22,24). The summed E-state index contributed by atoms with van der Waals surface area (Å²) in [5, 5.41) is 13.7. The van der Waals surface area contributed by atoms with E-state index in [-0.39, 0.29) is 6.23 Å². The van der Waals surface area contributed by atoms with Crippen LogP contribution in [0.25, 0.3) is 21.9 Å². The fourth-order valence-electron chi connectivity index (χ4n) is 3.62. The molecule has 1 aliphatic rings. The van der Waals surface area contributed by atoms with Crippen molar-refractivity contribution in [2.45, 2.75) is 25.5 Å². The van der Waals surface area contributed by atoms with E-state index in [4.69, 9.17) is 9.84 Å². The molecule has 4 aromatic rings. The summed E-state index contributed by atoms with van der Waals surface area (Å²) in [7, 11) is 1.93. The van der Waals surface area contributed by atoms with E-state index in [1.54, 1.807) is 6.20 Å². The molecule has 7 nitrogen and oxygen atoms in total. The molecule has 0 radical (unpaired) electrons. The normalized spacial score (nSPS) is 17.6. The number of fused-ring (bicyclic) bond motifs is 2. The molecular weight excluding hydrogens is 408 g/mol. The molecular formula is C19H19BrN6O. The Morgan fingerprint density at radius 1 is 1.19 bits per heavy atom. The third-order valence-corrected chi connectivity index (χ3v) is 5.55. The van der Waals surface area contributed by atoms with Gasteiger partial charge in [0.15, 0.2) is 12.0 Å². The van der Waals surface area contributed by atoms with Gasteiger partial charge in [0.25, 0.3) is 0 Å². The first-order valence-electron chi connectivity index (χ1n) is 9.05. The van der Waals surface area contributed by atoms with Crippen LogP contribution in [0, 0.1) is 0 Å². The second kappa shape index (κ2) is 6.61. The minimum Gasteiger partial charge on any atom is -0.356 e. The summed E-state index contributed by atoms with van der Waals surface area (Å²) in [5.74, 6) is 0.736. The van der Waals surface area contributed by atoms with Crippen molar-refractivity contribution in [1.29, 1.82) is 0 Å². The van der Waals surface area contributed by atoms with E-state index in [1.165, 1.54) is 0 Å². The van der Waals surface area contributed by atoms with Gasteiger partial charge in [-0.1, -0.05) is 0 Å². The van der Waals surface area contributed by atoms with Gasteiger partial charge in [-0.3, -0.25) is 9.67 Å². The first kappa shape index (κ1) is 16.7. The van der Waals surface area contributed by atoms with Gasteiger partial charge in [0.2, 0.25) is 0 Å². The number of pyridine rings is 1. The largest absolute Gasteiger partial charge is 0.356 e. The Morgan fingerprint density at radius 3 is 2.96 bits per heavy atom. The molecule has 0 bridgehead atoms. The average molecular weight is 427 g/mol. The van der Waals surface area contributed by atoms with Crippen molar-refractivity contribution in [3.05, 3.63) is 41.1 Å². The van der Waals surface area contributed by atoms with E-state index in [1.807, 2.05) is 40.7 Å². The Morgan fingerprint density at radius 2 is 2.11 bits per heavy atom. The van der Waals surface area contributed by atoms with E-state index in [0.717, 1.165) is 63.9 Å². The van der Waals surface area contributed by atoms with Gasteiger partial charge in [0.05, 0.1) is 11.0 Å². The number of halogens is 1. The number of ether oxygens (including phenoxy) is 1. The number of hydrogen-bond acceptors (Lipinski definition) is 5. The first-order chi connectivity index (χ1) is 13.2. The maximum Gasteiger partial charge on any atom is 0.179 e. The Hall–Kier alpha value is -2.45. The van der Waals surface area contributed by atoms with Gasteiger partial charge >= 0.3 is 0 Å². The molecule has 1 saturated heterocycles. The van der Waals surface area contributed by atoms with E-state index < -0.39 is 0 Å². The summed E-state index contributed by atoms with van der Waals surface area (Å²) in [6, 6.07) is 10.1. The third-order valence-electron chi connectivity index (χ3n) is 4.96. The van der Waals surface area contributed by atoms with Gasteiger partial charge in [0.1, 0.15) is 10.1 Å². The topological polar surface area (TPSA) is 69.8 Å². The molecule has 27 heavy (non-hydrogen) atoms. The fourth-order valence-corrected chi connectivity index (χ4v) is 4.19. The van der Waals surface area contributed by atoms with Crippen molar-refractivity contribution in [2.75, 3.05) is 11.9 Å². The number of benzene rings is 1. The van der Waals surface area contributed by atoms with E-state index in [2.05, 4.69) is 37.4 Å². The van der Waals surface area contributed by atoms with Crippen molar-refractivity contribution >= 4 is 49.4 Å². The Bertz CT molecular complexity index is 1130. The van der Waals surface area contributed by atoms with Crippen molar-refractivity contribution in [3.8, 4) is 0 Å². The Labute approximate surface area is 164 Å². The molecule has 0 saturated carbocycles. The second-order valence-electron chi connectivity index (χ2n) is 6.76. The number of aryl methyl sites for hydroxylation is 1. The van der Waals surface area contributed by atoms with E-state index in [9.17, 15) is 0 Å². The molecule has 1 aliphatic heterocycles. The maximum atomic E-state index is 5.94. The molecule has 0 aliphatic carbocycles. The molecule has 4 heterocycles. The molecule has 0 amide bonds. The highest BCUT2D eigenvalue weighted by molar-refractivity contribution is 9.10. The molecule has 138 valence electrons. The molecule has 1 aromatic carbocycles. The highest BCUT2D eigenvalue weighted by Crippen LogP contribution is 2.32. The second-order valence-corrected chi connectivity index (χ2v) is 7.51. The lowest BCUT2D eigenvalue weighted by molar-refractivity contribution is -0.0365. The van der Waals surface area contributed by atoms with E-state index >= 15 is 0 Å². The lowest BCUT2D eigenvalue weighted by Crippen LogP contribution is -2.19. The number of hydrogen-bond donors (Lipinski definition) is 1. The van der Waals surface area contributed by atoms with Crippen LogP contribution in [0.2, 0.25) is 0 Å². The van der Waals surface area contributed by atoms with Crippen molar-refractivity contribution in [3.63, 3.8) is 0 Å². The van der Waals surface area contributed by atoms with E-state index in [0.29, 0.717) is 0 Å². The van der Waals surface area contributed by atoms with Crippen LogP contribution in [-0.4, -0.2) is 31.2 Å². The van der Waals surface area contributed by atoms with Crippen LogP contribution in [0.1, 0.15) is 25.5 Å². The smallest absolute Gasteiger partial charge is 0.179 e.